The fourth-order valence-corrected chi connectivity index (χ4v) is 10.6. The van der Waals surface area contributed by atoms with Crippen LogP contribution < -0.4 is 0 Å². The Kier molecular flexibility index (Phi) is 7.99. The largest absolute Gasteiger partial charge is 0.278 e. The number of thiazole rings is 1. The highest BCUT2D eigenvalue weighted by atomic mass is 32.1. The number of para-hydroxylation sites is 2. The molecule has 0 saturated carbocycles. The van der Waals surface area contributed by atoms with Crippen molar-refractivity contribution in [3.8, 4) is 72.7 Å². The zero-order valence-corrected chi connectivity index (χ0v) is 34.4. The van der Waals surface area contributed by atoms with Gasteiger partial charge in [0.1, 0.15) is 5.01 Å². The Morgan fingerprint density at radius 1 is 0.426 bits per heavy atom. The van der Waals surface area contributed by atoms with Crippen LogP contribution in [0.15, 0.2) is 188 Å². The molecule has 0 atom stereocenters. The van der Waals surface area contributed by atoms with Gasteiger partial charge in [-0.15, -0.1) is 11.3 Å². The molecule has 0 fully saturated rings. The Bertz CT molecular complexity index is 3440. The van der Waals surface area contributed by atoms with E-state index in [1.807, 2.05) is 6.07 Å². The molecule has 12 rings (SSSR count). The summed E-state index contributed by atoms with van der Waals surface area (Å²) in [4.78, 5) is 20.7. The number of aromatic nitrogens is 5. The molecule has 11 aromatic rings. The van der Waals surface area contributed by atoms with Crippen molar-refractivity contribution >= 4 is 43.4 Å². The maximum absolute atomic E-state index is 5.23. The van der Waals surface area contributed by atoms with Crippen LogP contribution in [-0.4, -0.2) is 24.5 Å². The molecule has 0 unspecified atom stereocenters. The maximum atomic E-state index is 5.23. The molecule has 0 spiro atoms. The van der Waals surface area contributed by atoms with E-state index in [2.05, 4.69) is 200 Å². The van der Waals surface area contributed by atoms with E-state index in [0.29, 0.717) is 17.6 Å². The Hall–Kier alpha value is -7.54. The molecule has 6 heteroatoms. The van der Waals surface area contributed by atoms with Crippen molar-refractivity contribution in [3.63, 3.8) is 0 Å². The lowest BCUT2D eigenvalue weighted by atomic mass is 9.81. The molecule has 0 bridgehead atoms. The van der Waals surface area contributed by atoms with Gasteiger partial charge in [0.25, 0.3) is 0 Å². The summed E-state index contributed by atoms with van der Waals surface area (Å²) < 4.78 is 3.44. The van der Waals surface area contributed by atoms with E-state index in [4.69, 9.17) is 19.9 Å². The molecule has 0 aliphatic heterocycles. The summed E-state index contributed by atoms with van der Waals surface area (Å²) in [6.45, 7) is 4.71. The minimum absolute atomic E-state index is 0.192. The Labute approximate surface area is 357 Å². The molecule has 1 aliphatic carbocycles. The molecule has 0 N–H and O–H groups in total. The lowest BCUT2D eigenvalue weighted by molar-refractivity contribution is 0.667. The third-order valence-electron chi connectivity index (χ3n) is 12.3. The highest BCUT2D eigenvalue weighted by Crippen LogP contribution is 2.53. The lowest BCUT2D eigenvalue weighted by Crippen LogP contribution is -2.15. The number of rotatable bonds is 6. The van der Waals surface area contributed by atoms with Crippen molar-refractivity contribution < 1.29 is 0 Å². The number of benzene rings is 8. The third-order valence-corrected chi connectivity index (χ3v) is 13.4. The van der Waals surface area contributed by atoms with Crippen LogP contribution in [0.2, 0.25) is 0 Å². The molecule has 0 saturated heterocycles. The molecule has 61 heavy (non-hydrogen) atoms. The van der Waals surface area contributed by atoms with Gasteiger partial charge in [-0.05, 0) is 74.8 Å². The van der Waals surface area contributed by atoms with E-state index in [1.165, 1.54) is 32.5 Å². The van der Waals surface area contributed by atoms with Crippen LogP contribution in [0.4, 0.5) is 0 Å². The topological polar surface area (TPSA) is 56.5 Å². The molecule has 288 valence electrons. The Morgan fingerprint density at radius 2 is 0.967 bits per heavy atom. The summed E-state index contributed by atoms with van der Waals surface area (Å²) >= 11 is 1.80. The molecule has 5 nitrogen and oxygen atoms in total. The van der Waals surface area contributed by atoms with Crippen LogP contribution in [0.5, 0.6) is 0 Å². The maximum Gasteiger partial charge on any atom is 0.238 e. The van der Waals surface area contributed by atoms with Crippen LogP contribution in [0.25, 0.3) is 105 Å². The number of fused-ring (bicyclic) bond motifs is 8. The number of hydrogen-bond donors (Lipinski definition) is 0. The van der Waals surface area contributed by atoms with Gasteiger partial charge < -0.3 is 0 Å². The summed E-state index contributed by atoms with van der Waals surface area (Å²) in [5.74, 6) is 1.82. The van der Waals surface area contributed by atoms with Crippen molar-refractivity contribution in [2.24, 2.45) is 0 Å². The smallest absolute Gasteiger partial charge is 0.238 e. The summed E-state index contributed by atoms with van der Waals surface area (Å²) in [6.07, 6.45) is 0. The van der Waals surface area contributed by atoms with E-state index < -0.39 is 0 Å². The summed E-state index contributed by atoms with van der Waals surface area (Å²) in [5, 5.41) is 3.38. The van der Waals surface area contributed by atoms with Crippen LogP contribution >= 0.6 is 11.3 Å². The Morgan fingerprint density at radius 3 is 1.69 bits per heavy atom. The molecular formula is C55H37N5S. The third kappa shape index (κ3) is 5.75. The monoisotopic (exact) mass is 799 g/mol. The second-order valence-corrected chi connectivity index (χ2v) is 17.3. The van der Waals surface area contributed by atoms with E-state index >= 15 is 0 Å². The molecule has 3 aromatic heterocycles. The zero-order chi connectivity index (χ0) is 40.7. The normalized spacial score (nSPS) is 12.9. The first-order valence-corrected chi connectivity index (χ1v) is 21.5. The molecule has 0 amide bonds. The first kappa shape index (κ1) is 35.4. The molecule has 3 heterocycles. The van der Waals surface area contributed by atoms with Gasteiger partial charge in [0.05, 0.1) is 21.3 Å². The average Bonchev–Trinajstić information content (AvgIpc) is 3.98. The van der Waals surface area contributed by atoms with Crippen molar-refractivity contribution in [1.82, 2.24) is 24.5 Å². The van der Waals surface area contributed by atoms with Crippen LogP contribution in [-0.2, 0) is 5.41 Å². The van der Waals surface area contributed by atoms with E-state index in [9.17, 15) is 0 Å². The molecule has 1 aliphatic rings. The summed E-state index contributed by atoms with van der Waals surface area (Å²) in [6, 6.07) is 66.4. The van der Waals surface area contributed by atoms with Crippen molar-refractivity contribution in [2.75, 3.05) is 0 Å². The summed E-state index contributed by atoms with van der Waals surface area (Å²) in [5.41, 5.74) is 15.8. The van der Waals surface area contributed by atoms with E-state index in [0.717, 1.165) is 65.7 Å². The van der Waals surface area contributed by atoms with Gasteiger partial charge in [-0.1, -0.05) is 172 Å². The van der Waals surface area contributed by atoms with Crippen LogP contribution in [0.1, 0.15) is 25.0 Å². The van der Waals surface area contributed by atoms with Gasteiger partial charge in [0, 0.05) is 32.9 Å². The predicted octanol–water partition coefficient (Wildman–Crippen LogP) is 14.2. The van der Waals surface area contributed by atoms with Gasteiger partial charge in [-0.2, -0.15) is 9.97 Å². The summed E-state index contributed by atoms with van der Waals surface area (Å²) in [7, 11) is 0. The van der Waals surface area contributed by atoms with E-state index in [1.54, 1.807) is 11.3 Å². The number of hydrogen-bond acceptors (Lipinski definition) is 5. The molecule has 0 radical (unpaired) electrons. The highest BCUT2D eigenvalue weighted by molar-refractivity contribution is 7.22. The minimum Gasteiger partial charge on any atom is -0.278 e. The second-order valence-electron chi connectivity index (χ2n) is 16.3. The van der Waals surface area contributed by atoms with Gasteiger partial charge in [0.2, 0.25) is 5.95 Å². The first-order chi connectivity index (χ1) is 30.0. The SMILES string of the molecule is CC1(C)c2cc(-c3ccc(-c4nc(-c5cccc(-c6ccccc6)c5)nc(-n5c6ccccc6c6ccccc65)n4)cc3)ccc2-c2ccc3nc(-c4ccccc4)sc3c21. The van der Waals surface area contributed by atoms with Crippen LogP contribution in [0.3, 0.4) is 0 Å². The van der Waals surface area contributed by atoms with Gasteiger partial charge in [-0.3, -0.25) is 4.57 Å². The second kappa shape index (κ2) is 13.8. The van der Waals surface area contributed by atoms with Gasteiger partial charge in [-0.25, -0.2) is 9.97 Å². The van der Waals surface area contributed by atoms with E-state index in [-0.39, 0.29) is 5.41 Å². The van der Waals surface area contributed by atoms with Crippen molar-refractivity contribution in [3.05, 3.63) is 199 Å². The average molecular weight is 800 g/mol. The van der Waals surface area contributed by atoms with Crippen molar-refractivity contribution in [2.45, 2.75) is 19.3 Å². The zero-order valence-electron chi connectivity index (χ0n) is 33.5. The fraction of sp³-hybridized carbons (Fsp3) is 0.0545. The first-order valence-electron chi connectivity index (χ1n) is 20.6. The standard InChI is InChI=1S/C55H37N5S/c1-55(2)45-33-39(28-29-41(45)44-30-31-46-50(49(44)55)61-53(56-46)37-16-7-4-8-17-37)35-24-26-36(27-25-35)51-57-52(40-19-13-18-38(32-40)34-14-5-3-6-15-34)59-54(58-51)60-47-22-11-9-20-42(47)43-21-10-12-23-48(43)60/h3-33H,1-2H3. The fourth-order valence-electron chi connectivity index (χ4n) is 9.29. The predicted molar refractivity (Wildman–Crippen MR) is 252 cm³/mol. The lowest BCUT2D eigenvalue weighted by Gasteiger charge is -2.22. The molecular weight excluding hydrogens is 763 g/mol. The van der Waals surface area contributed by atoms with Gasteiger partial charge in [0.15, 0.2) is 11.6 Å². The quantitative estimate of drug-likeness (QED) is 0.168. The highest BCUT2D eigenvalue weighted by Gasteiger charge is 2.38. The van der Waals surface area contributed by atoms with Gasteiger partial charge >= 0.3 is 0 Å². The Balaban J connectivity index is 0.950. The minimum atomic E-state index is -0.192. The molecule has 8 aromatic carbocycles. The van der Waals surface area contributed by atoms with Crippen LogP contribution in [0, 0.1) is 0 Å². The van der Waals surface area contributed by atoms with Crippen molar-refractivity contribution in [1.29, 1.82) is 0 Å². The number of nitrogens with zero attached hydrogens (tertiary/aromatic N) is 5.